The molecule has 1 rings (SSSR count). The van der Waals surface area contributed by atoms with E-state index in [2.05, 4.69) is 0 Å². The highest BCUT2D eigenvalue weighted by Crippen LogP contribution is 2.22. The second kappa shape index (κ2) is 4.48. The van der Waals surface area contributed by atoms with Crippen LogP contribution < -0.4 is 0 Å². The number of hydrogen-bond donors (Lipinski definition) is 0. The highest BCUT2D eigenvalue weighted by Gasteiger charge is 2.33. The van der Waals surface area contributed by atoms with Crippen LogP contribution in [0.1, 0.15) is 5.56 Å². The van der Waals surface area contributed by atoms with Crippen LogP contribution in [0.3, 0.4) is 0 Å². The predicted octanol–water partition coefficient (Wildman–Crippen LogP) is 3.24. The Balaban J connectivity index is 2.75. The highest BCUT2D eigenvalue weighted by atomic mass is 127. The number of hydrogen-bond acceptors (Lipinski definition) is 1. The van der Waals surface area contributed by atoms with Gasteiger partial charge in [-0.3, -0.25) is 0 Å². The largest absolute Gasteiger partial charge is 0.459 e. The van der Waals surface area contributed by atoms with Gasteiger partial charge in [0.2, 0.25) is 0 Å². The molecule has 0 radical (unpaired) electrons. The summed E-state index contributed by atoms with van der Waals surface area (Å²) in [6, 6.07) is 7.03. The quantitative estimate of drug-likeness (QED) is 0.598. The summed E-state index contributed by atoms with van der Waals surface area (Å²) in [6.07, 6.45) is -4.26. The fourth-order valence-electron chi connectivity index (χ4n) is 0.972. The molecule has 0 aliphatic heterocycles. The van der Waals surface area contributed by atoms with Gasteiger partial charge in [0.05, 0.1) is 0 Å². The Labute approximate surface area is 94.0 Å². The zero-order valence-corrected chi connectivity index (χ0v) is 9.63. The first-order chi connectivity index (χ1) is 6.41. The van der Waals surface area contributed by atoms with Crippen molar-refractivity contribution in [2.45, 2.75) is 12.8 Å². The smallest absolute Gasteiger partial charge is 0.213 e. The van der Waals surface area contributed by atoms with Gasteiger partial charge < -0.3 is 0 Å². The lowest BCUT2D eigenvalue weighted by Gasteiger charge is -2.20. The Morgan fingerprint density at radius 1 is 1.29 bits per heavy atom. The van der Waals surface area contributed by atoms with Crippen LogP contribution in [0.25, 0.3) is 0 Å². The van der Waals surface area contributed by atoms with Gasteiger partial charge in [-0.15, -0.1) is 0 Å². The molecule has 0 N–H and O–H groups in total. The van der Waals surface area contributed by atoms with E-state index in [9.17, 15) is 13.2 Å². The number of halogens is 4. The Morgan fingerprint density at radius 3 is 2.36 bits per heavy atom. The molecule has 0 amide bonds. The van der Waals surface area contributed by atoms with Gasteiger partial charge in [0.25, 0.3) is 0 Å². The highest BCUT2D eigenvalue weighted by molar-refractivity contribution is 14.1. The molecule has 0 aliphatic carbocycles. The van der Waals surface area contributed by atoms with Gasteiger partial charge in [-0.25, -0.2) is 4.90 Å². The minimum atomic E-state index is -4.26. The average Bonchev–Trinajstić information content (AvgIpc) is 2.07. The summed E-state index contributed by atoms with van der Waals surface area (Å²) >= 11 is 2.03. The van der Waals surface area contributed by atoms with Crippen molar-refractivity contribution in [2.75, 3.05) is 7.05 Å². The molecule has 0 heterocycles. The molecule has 1 nitrogen and oxygen atoms in total. The van der Waals surface area contributed by atoms with Crippen LogP contribution in [-0.4, -0.2) is 18.2 Å². The molecule has 0 saturated carbocycles. The summed E-state index contributed by atoms with van der Waals surface area (Å²) in [5.74, 6) is 0. The third-order valence-electron chi connectivity index (χ3n) is 1.80. The van der Waals surface area contributed by atoms with Crippen molar-refractivity contribution < 1.29 is 13.2 Å². The molecule has 78 valence electrons. The van der Waals surface area contributed by atoms with Crippen LogP contribution >= 0.6 is 22.6 Å². The van der Waals surface area contributed by atoms with E-state index >= 15 is 0 Å². The van der Waals surface area contributed by atoms with Gasteiger partial charge >= 0.3 is 6.30 Å². The van der Waals surface area contributed by atoms with Crippen molar-refractivity contribution >= 4 is 22.6 Å². The molecule has 1 aromatic carbocycles. The number of nitrogens with zero attached hydrogens (tertiary/aromatic N) is 1. The summed E-state index contributed by atoms with van der Waals surface area (Å²) in [7, 11) is 1.04. The van der Waals surface area contributed by atoms with Gasteiger partial charge in [0, 0.05) is 10.1 Å². The summed E-state index contributed by atoms with van der Waals surface area (Å²) in [5.41, 5.74) is 0.688. The fourth-order valence-corrected chi connectivity index (χ4v) is 1.53. The van der Waals surface area contributed by atoms with Crippen LogP contribution in [0, 0.1) is 3.57 Å². The van der Waals surface area contributed by atoms with E-state index in [1.807, 2.05) is 22.6 Å². The van der Waals surface area contributed by atoms with E-state index in [0.717, 1.165) is 10.6 Å². The van der Waals surface area contributed by atoms with Crippen molar-refractivity contribution in [3.63, 3.8) is 0 Å². The molecule has 0 fully saturated rings. The lowest BCUT2D eigenvalue weighted by Crippen LogP contribution is -2.33. The first-order valence-electron chi connectivity index (χ1n) is 3.92. The minimum Gasteiger partial charge on any atom is -0.213 e. The molecule has 0 unspecified atom stereocenters. The van der Waals surface area contributed by atoms with Crippen molar-refractivity contribution in [1.82, 2.24) is 4.90 Å². The van der Waals surface area contributed by atoms with E-state index < -0.39 is 6.30 Å². The zero-order chi connectivity index (χ0) is 10.8. The van der Waals surface area contributed by atoms with E-state index in [-0.39, 0.29) is 6.54 Å². The number of rotatable bonds is 2. The first kappa shape index (κ1) is 11.8. The molecule has 0 bridgehead atoms. The van der Waals surface area contributed by atoms with Crippen molar-refractivity contribution in [2.24, 2.45) is 0 Å². The van der Waals surface area contributed by atoms with E-state index in [1.54, 1.807) is 24.3 Å². The van der Waals surface area contributed by atoms with Crippen molar-refractivity contribution in [1.29, 1.82) is 0 Å². The van der Waals surface area contributed by atoms with Gasteiger partial charge in [-0.05, 0) is 41.3 Å². The minimum absolute atomic E-state index is 0.109. The lowest BCUT2D eigenvalue weighted by atomic mass is 10.2. The van der Waals surface area contributed by atoms with Gasteiger partial charge in [0.1, 0.15) is 0 Å². The molecule has 5 heteroatoms. The monoisotopic (exact) mass is 315 g/mol. The van der Waals surface area contributed by atoms with Crippen molar-refractivity contribution in [3.05, 3.63) is 33.4 Å². The number of alkyl halides is 3. The second-order valence-electron chi connectivity index (χ2n) is 2.92. The summed E-state index contributed by atoms with van der Waals surface area (Å²) in [4.78, 5) is 0.366. The normalized spacial score (nSPS) is 12.1. The maximum atomic E-state index is 12.2. The van der Waals surface area contributed by atoms with Crippen LogP contribution in [0.4, 0.5) is 13.2 Å². The third-order valence-corrected chi connectivity index (χ3v) is 2.85. The van der Waals surface area contributed by atoms with Gasteiger partial charge in [0.15, 0.2) is 0 Å². The van der Waals surface area contributed by atoms with E-state index in [1.165, 1.54) is 0 Å². The zero-order valence-electron chi connectivity index (χ0n) is 7.48. The Morgan fingerprint density at radius 2 is 1.86 bits per heavy atom. The molecule has 0 atom stereocenters. The number of benzene rings is 1. The first-order valence-corrected chi connectivity index (χ1v) is 5.00. The Bertz CT molecular complexity index is 311. The summed E-state index contributed by atoms with van der Waals surface area (Å²) in [5, 5.41) is 0. The molecular formula is C9H9F3IN. The average molecular weight is 315 g/mol. The SMILES string of the molecule is CN(Cc1ccccc1I)C(F)(F)F. The van der Waals surface area contributed by atoms with Crippen LogP contribution in [-0.2, 0) is 6.54 Å². The van der Waals surface area contributed by atoms with E-state index in [4.69, 9.17) is 0 Å². The topological polar surface area (TPSA) is 3.24 Å². The Hall–Kier alpha value is -0.300. The lowest BCUT2D eigenvalue weighted by molar-refractivity contribution is -0.240. The fraction of sp³-hybridized carbons (Fsp3) is 0.333. The molecule has 0 spiro atoms. The molecule has 0 saturated heterocycles. The van der Waals surface area contributed by atoms with Crippen LogP contribution in [0.5, 0.6) is 0 Å². The third kappa shape index (κ3) is 3.13. The summed E-state index contributed by atoms with van der Waals surface area (Å²) < 4.78 is 37.4. The molecule has 0 aromatic heterocycles. The molecule has 1 aromatic rings. The van der Waals surface area contributed by atoms with Gasteiger partial charge in [-0.1, -0.05) is 18.2 Å². The van der Waals surface area contributed by atoms with Crippen LogP contribution in [0.15, 0.2) is 24.3 Å². The Kier molecular flexibility index (Phi) is 3.77. The second-order valence-corrected chi connectivity index (χ2v) is 4.08. The van der Waals surface area contributed by atoms with Crippen LogP contribution in [0.2, 0.25) is 0 Å². The maximum Gasteiger partial charge on any atom is 0.459 e. The van der Waals surface area contributed by atoms with Crippen molar-refractivity contribution in [3.8, 4) is 0 Å². The van der Waals surface area contributed by atoms with E-state index in [0.29, 0.717) is 10.5 Å². The summed E-state index contributed by atoms with van der Waals surface area (Å²) in [6.45, 7) is -0.109. The molecule has 0 aliphatic rings. The predicted molar refractivity (Wildman–Crippen MR) is 56.7 cm³/mol. The molecular weight excluding hydrogens is 306 g/mol. The van der Waals surface area contributed by atoms with Gasteiger partial charge in [-0.2, -0.15) is 13.2 Å². The standard InChI is InChI=1S/C9H9F3IN/c1-14(9(10,11)12)6-7-4-2-3-5-8(7)13/h2-5H,6H2,1H3. The maximum absolute atomic E-state index is 12.2. The molecule has 14 heavy (non-hydrogen) atoms.